The van der Waals surface area contributed by atoms with Gasteiger partial charge in [0.25, 0.3) is 10.0 Å². The largest absolute Gasteiger partial charge is 0.321 e. The number of hydrogen-bond donors (Lipinski definition) is 1. The zero-order valence-corrected chi connectivity index (χ0v) is 7.58. The van der Waals surface area contributed by atoms with E-state index in [2.05, 4.69) is 4.98 Å². The van der Waals surface area contributed by atoms with Crippen molar-refractivity contribution in [3.63, 3.8) is 0 Å². The van der Waals surface area contributed by atoms with E-state index in [1.807, 2.05) is 6.92 Å². The van der Waals surface area contributed by atoms with Crippen molar-refractivity contribution < 1.29 is 8.42 Å². The van der Waals surface area contributed by atoms with E-state index in [1.165, 1.54) is 10.8 Å². The summed E-state index contributed by atoms with van der Waals surface area (Å²) in [6.07, 6.45) is 3.87. The van der Waals surface area contributed by atoms with Gasteiger partial charge in [-0.05, 0) is 6.42 Å². The van der Waals surface area contributed by atoms with Crippen molar-refractivity contribution in [2.45, 2.75) is 25.0 Å². The minimum atomic E-state index is -3.66. The van der Waals surface area contributed by atoms with Crippen LogP contribution in [0.15, 0.2) is 17.6 Å². The summed E-state index contributed by atoms with van der Waals surface area (Å²) in [6, 6.07) is 0. The smallest absolute Gasteiger partial charge is 0.272 e. The molecule has 1 aromatic rings. The quantitative estimate of drug-likeness (QED) is 0.723. The third-order valence-electron chi connectivity index (χ3n) is 1.40. The van der Waals surface area contributed by atoms with E-state index in [1.54, 1.807) is 6.20 Å². The van der Waals surface area contributed by atoms with Crippen molar-refractivity contribution in [1.29, 1.82) is 0 Å². The van der Waals surface area contributed by atoms with Crippen LogP contribution in [0.2, 0.25) is 0 Å². The van der Waals surface area contributed by atoms with Crippen molar-refractivity contribution in [3.05, 3.63) is 12.4 Å². The molecule has 0 aliphatic carbocycles. The van der Waals surface area contributed by atoms with Crippen LogP contribution in [0, 0.1) is 0 Å². The Hall–Kier alpha value is -0.880. The Kier molecular flexibility index (Phi) is 2.49. The fraction of sp³-hybridized carbons (Fsp3) is 0.500. The number of hydrogen-bond acceptors (Lipinski definition) is 3. The third kappa shape index (κ3) is 1.83. The number of imidazole rings is 1. The molecule has 0 atom stereocenters. The Balaban J connectivity index is 3.08. The highest BCUT2D eigenvalue weighted by molar-refractivity contribution is 7.89. The number of sulfonamides is 1. The van der Waals surface area contributed by atoms with Gasteiger partial charge in [0.1, 0.15) is 0 Å². The molecule has 0 saturated carbocycles. The normalized spacial score (nSPS) is 11.8. The molecule has 0 unspecified atom stereocenters. The van der Waals surface area contributed by atoms with Crippen LogP contribution in [0.3, 0.4) is 0 Å². The second kappa shape index (κ2) is 3.24. The van der Waals surface area contributed by atoms with Crippen LogP contribution in [0.25, 0.3) is 0 Å². The van der Waals surface area contributed by atoms with E-state index in [0.29, 0.717) is 6.54 Å². The molecule has 0 amide bonds. The van der Waals surface area contributed by atoms with Crippen LogP contribution in [0.1, 0.15) is 13.3 Å². The van der Waals surface area contributed by atoms with E-state index >= 15 is 0 Å². The summed E-state index contributed by atoms with van der Waals surface area (Å²) in [5, 5.41) is 4.86. The fourth-order valence-corrected chi connectivity index (χ4v) is 1.65. The van der Waals surface area contributed by atoms with Gasteiger partial charge in [0.05, 0.1) is 0 Å². The van der Waals surface area contributed by atoms with Gasteiger partial charge in [0.2, 0.25) is 5.16 Å². The summed E-state index contributed by atoms with van der Waals surface area (Å²) in [5.41, 5.74) is 0. The van der Waals surface area contributed by atoms with Gasteiger partial charge in [-0.25, -0.2) is 18.5 Å². The molecular formula is C6H11N3O2S. The molecule has 0 fully saturated rings. The Morgan fingerprint density at radius 1 is 1.67 bits per heavy atom. The second-order valence-corrected chi connectivity index (χ2v) is 3.90. The summed E-state index contributed by atoms with van der Waals surface area (Å²) in [4.78, 5) is 3.66. The lowest BCUT2D eigenvalue weighted by Crippen LogP contribution is -2.18. The molecule has 6 heteroatoms. The van der Waals surface area contributed by atoms with E-state index < -0.39 is 10.0 Å². The SMILES string of the molecule is CCCn1ccnc1S(N)(=O)=O. The Morgan fingerprint density at radius 3 is 2.83 bits per heavy atom. The highest BCUT2D eigenvalue weighted by Gasteiger charge is 2.13. The highest BCUT2D eigenvalue weighted by Crippen LogP contribution is 2.03. The van der Waals surface area contributed by atoms with Crippen LogP contribution in [0.5, 0.6) is 0 Å². The van der Waals surface area contributed by atoms with E-state index in [4.69, 9.17) is 5.14 Å². The monoisotopic (exact) mass is 189 g/mol. The van der Waals surface area contributed by atoms with Crippen molar-refractivity contribution in [3.8, 4) is 0 Å². The Bertz CT molecular complexity index is 355. The van der Waals surface area contributed by atoms with Gasteiger partial charge < -0.3 is 4.57 Å². The molecule has 0 saturated heterocycles. The Labute approximate surface area is 71.3 Å². The van der Waals surface area contributed by atoms with Crippen LogP contribution < -0.4 is 5.14 Å². The summed E-state index contributed by atoms with van der Waals surface area (Å²) in [7, 11) is -3.66. The molecule has 0 bridgehead atoms. The molecule has 0 spiro atoms. The topological polar surface area (TPSA) is 78.0 Å². The maximum absolute atomic E-state index is 10.9. The fourth-order valence-electron chi connectivity index (χ4n) is 0.963. The van der Waals surface area contributed by atoms with Crippen molar-refractivity contribution in [2.24, 2.45) is 5.14 Å². The molecule has 0 aromatic carbocycles. The van der Waals surface area contributed by atoms with Gasteiger partial charge in [-0.15, -0.1) is 0 Å². The molecule has 5 nitrogen and oxygen atoms in total. The highest BCUT2D eigenvalue weighted by atomic mass is 32.2. The summed E-state index contributed by atoms with van der Waals surface area (Å²) in [6.45, 7) is 2.57. The molecular weight excluding hydrogens is 178 g/mol. The minimum Gasteiger partial charge on any atom is -0.321 e. The maximum Gasteiger partial charge on any atom is 0.272 e. The van der Waals surface area contributed by atoms with Crippen LogP contribution >= 0.6 is 0 Å². The number of aromatic nitrogens is 2. The molecule has 1 heterocycles. The first kappa shape index (κ1) is 9.21. The summed E-state index contributed by atoms with van der Waals surface area (Å²) in [5.74, 6) is 0. The van der Waals surface area contributed by atoms with Crippen molar-refractivity contribution >= 4 is 10.0 Å². The number of nitrogens with zero attached hydrogens (tertiary/aromatic N) is 2. The number of aryl methyl sites for hydroxylation is 1. The predicted octanol–water partition coefficient (Wildman–Crippen LogP) is -0.0595. The molecule has 1 rings (SSSR count). The molecule has 2 N–H and O–H groups in total. The first-order valence-electron chi connectivity index (χ1n) is 3.59. The van der Waals surface area contributed by atoms with Gasteiger partial charge in [-0.1, -0.05) is 6.92 Å². The average molecular weight is 189 g/mol. The molecule has 0 radical (unpaired) electrons. The van der Waals surface area contributed by atoms with E-state index in [9.17, 15) is 8.42 Å². The van der Waals surface area contributed by atoms with Crippen LogP contribution in [-0.4, -0.2) is 18.0 Å². The standard InChI is InChI=1S/C6H11N3O2S/c1-2-4-9-5-3-8-6(9)12(7,10)11/h3,5H,2,4H2,1H3,(H2,7,10,11). The van der Waals surface area contributed by atoms with Crippen LogP contribution in [0.4, 0.5) is 0 Å². The second-order valence-electron chi connectivity index (χ2n) is 2.45. The predicted molar refractivity (Wildman–Crippen MR) is 43.9 cm³/mol. The van der Waals surface area contributed by atoms with Gasteiger partial charge in [-0.2, -0.15) is 0 Å². The van der Waals surface area contributed by atoms with Gasteiger partial charge in [0.15, 0.2) is 0 Å². The summed E-state index contributed by atoms with van der Waals surface area (Å²) < 4.78 is 23.3. The van der Waals surface area contributed by atoms with Crippen molar-refractivity contribution in [1.82, 2.24) is 9.55 Å². The molecule has 68 valence electrons. The molecule has 0 aliphatic heterocycles. The minimum absolute atomic E-state index is 0.0654. The lowest BCUT2D eigenvalue weighted by molar-refractivity contribution is 0.558. The van der Waals surface area contributed by atoms with Crippen LogP contribution in [-0.2, 0) is 16.6 Å². The van der Waals surface area contributed by atoms with Gasteiger partial charge in [0, 0.05) is 18.9 Å². The lowest BCUT2D eigenvalue weighted by Gasteiger charge is -2.02. The zero-order chi connectivity index (χ0) is 9.19. The molecule has 1 aromatic heterocycles. The van der Waals surface area contributed by atoms with Gasteiger partial charge in [-0.3, -0.25) is 0 Å². The first-order valence-corrected chi connectivity index (χ1v) is 5.14. The maximum atomic E-state index is 10.9. The summed E-state index contributed by atoms with van der Waals surface area (Å²) >= 11 is 0. The average Bonchev–Trinajstić information content (AvgIpc) is 2.34. The van der Waals surface area contributed by atoms with Crippen molar-refractivity contribution in [2.75, 3.05) is 0 Å². The lowest BCUT2D eigenvalue weighted by atomic mass is 10.5. The van der Waals surface area contributed by atoms with Gasteiger partial charge >= 0.3 is 0 Å². The Morgan fingerprint density at radius 2 is 2.33 bits per heavy atom. The third-order valence-corrected chi connectivity index (χ3v) is 2.25. The number of primary sulfonamides is 1. The van der Waals surface area contributed by atoms with E-state index in [0.717, 1.165) is 6.42 Å². The van der Waals surface area contributed by atoms with E-state index in [-0.39, 0.29) is 5.16 Å². The molecule has 0 aliphatic rings. The first-order chi connectivity index (χ1) is 5.55. The number of nitrogens with two attached hydrogens (primary N) is 1. The molecule has 12 heavy (non-hydrogen) atoms. The zero-order valence-electron chi connectivity index (χ0n) is 6.77. The number of rotatable bonds is 3.